The summed E-state index contributed by atoms with van der Waals surface area (Å²) >= 11 is 5.98. The minimum absolute atomic E-state index is 0.199. The van der Waals surface area contributed by atoms with E-state index in [0.29, 0.717) is 5.88 Å². The Bertz CT molecular complexity index is 832. The minimum atomic E-state index is 0.199. The third-order valence-electron chi connectivity index (χ3n) is 3.83. The van der Waals surface area contributed by atoms with Gasteiger partial charge in [0.1, 0.15) is 5.75 Å². The van der Waals surface area contributed by atoms with Gasteiger partial charge in [-0.15, -0.1) is 0 Å². The molecule has 0 fully saturated rings. The molecular formula is C17H13ClN2O. The van der Waals surface area contributed by atoms with Crippen molar-refractivity contribution in [2.24, 2.45) is 0 Å². The molecule has 3 aromatic rings. The molecule has 0 saturated heterocycles. The Hall–Kier alpha value is -2.13. The standard InChI is InChI=1S/C17H13ClN2O/c18-17-19-15-7-2-1-6-14(15)16(20-17)21-13-9-8-11-4-3-5-12(11)10-13/h1-2,6-10H,3-5H2. The van der Waals surface area contributed by atoms with E-state index >= 15 is 0 Å². The number of fused-ring (bicyclic) bond motifs is 2. The first-order valence-electron chi connectivity index (χ1n) is 7.01. The average Bonchev–Trinajstić information content (AvgIpc) is 2.94. The van der Waals surface area contributed by atoms with Crippen molar-refractivity contribution in [2.45, 2.75) is 19.3 Å². The highest BCUT2D eigenvalue weighted by atomic mass is 35.5. The fourth-order valence-corrected chi connectivity index (χ4v) is 2.99. The van der Waals surface area contributed by atoms with Gasteiger partial charge in [-0.2, -0.15) is 4.98 Å². The smallest absolute Gasteiger partial charge is 0.231 e. The molecule has 4 rings (SSSR count). The molecule has 0 bridgehead atoms. The molecule has 0 N–H and O–H groups in total. The molecule has 0 unspecified atom stereocenters. The van der Waals surface area contributed by atoms with E-state index in [0.717, 1.165) is 29.5 Å². The number of aryl methyl sites for hydroxylation is 2. The summed E-state index contributed by atoms with van der Waals surface area (Å²) in [5.74, 6) is 1.30. The van der Waals surface area contributed by atoms with Crippen LogP contribution in [-0.2, 0) is 12.8 Å². The Morgan fingerprint density at radius 2 is 1.81 bits per heavy atom. The maximum absolute atomic E-state index is 5.98. The highest BCUT2D eigenvalue weighted by Gasteiger charge is 2.13. The Morgan fingerprint density at radius 3 is 2.76 bits per heavy atom. The van der Waals surface area contributed by atoms with Crippen LogP contribution in [0.15, 0.2) is 42.5 Å². The summed E-state index contributed by atoms with van der Waals surface area (Å²) in [7, 11) is 0. The molecule has 1 aliphatic rings. The summed E-state index contributed by atoms with van der Waals surface area (Å²) in [6.07, 6.45) is 3.51. The molecular weight excluding hydrogens is 284 g/mol. The van der Waals surface area contributed by atoms with Gasteiger partial charge < -0.3 is 4.74 Å². The van der Waals surface area contributed by atoms with Crippen LogP contribution in [0.25, 0.3) is 10.9 Å². The summed E-state index contributed by atoms with van der Waals surface area (Å²) in [4.78, 5) is 8.43. The third-order valence-corrected chi connectivity index (χ3v) is 3.99. The van der Waals surface area contributed by atoms with Crippen molar-refractivity contribution in [3.63, 3.8) is 0 Å². The van der Waals surface area contributed by atoms with E-state index in [-0.39, 0.29) is 5.28 Å². The van der Waals surface area contributed by atoms with Crippen LogP contribution in [0.5, 0.6) is 11.6 Å². The Kier molecular flexibility index (Phi) is 3.00. The predicted octanol–water partition coefficient (Wildman–Crippen LogP) is 4.56. The average molecular weight is 297 g/mol. The molecule has 0 saturated carbocycles. The van der Waals surface area contributed by atoms with Crippen molar-refractivity contribution in [2.75, 3.05) is 0 Å². The molecule has 0 atom stereocenters. The number of nitrogens with zero attached hydrogens (tertiary/aromatic N) is 2. The molecule has 0 aliphatic heterocycles. The second-order valence-electron chi connectivity index (χ2n) is 5.20. The molecule has 0 spiro atoms. The van der Waals surface area contributed by atoms with Gasteiger partial charge in [0.25, 0.3) is 0 Å². The maximum Gasteiger partial charge on any atom is 0.231 e. The van der Waals surface area contributed by atoms with Crippen LogP contribution in [-0.4, -0.2) is 9.97 Å². The van der Waals surface area contributed by atoms with E-state index in [9.17, 15) is 0 Å². The lowest BCUT2D eigenvalue weighted by Crippen LogP contribution is -1.94. The maximum atomic E-state index is 5.98. The second-order valence-corrected chi connectivity index (χ2v) is 5.54. The molecule has 104 valence electrons. The van der Waals surface area contributed by atoms with Gasteiger partial charge in [-0.05, 0) is 66.3 Å². The fourth-order valence-electron chi connectivity index (χ4n) is 2.82. The van der Waals surface area contributed by atoms with Crippen LogP contribution in [0.4, 0.5) is 0 Å². The van der Waals surface area contributed by atoms with E-state index in [2.05, 4.69) is 22.1 Å². The van der Waals surface area contributed by atoms with E-state index in [1.165, 1.54) is 17.5 Å². The Balaban J connectivity index is 1.77. The first-order valence-corrected chi connectivity index (χ1v) is 7.39. The molecule has 4 heteroatoms. The summed E-state index contributed by atoms with van der Waals surface area (Å²) in [6, 6.07) is 13.9. The van der Waals surface area contributed by atoms with E-state index in [4.69, 9.17) is 16.3 Å². The number of halogens is 1. The van der Waals surface area contributed by atoms with Crippen LogP contribution in [0.2, 0.25) is 5.28 Å². The lowest BCUT2D eigenvalue weighted by Gasteiger charge is -2.09. The number of para-hydroxylation sites is 1. The largest absolute Gasteiger partial charge is 0.438 e. The fraction of sp³-hybridized carbons (Fsp3) is 0.176. The highest BCUT2D eigenvalue weighted by Crippen LogP contribution is 2.31. The van der Waals surface area contributed by atoms with Gasteiger partial charge in [-0.3, -0.25) is 0 Å². The summed E-state index contributed by atoms with van der Waals surface area (Å²) in [6.45, 7) is 0. The van der Waals surface area contributed by atoms with Crippen LogP contribution in [0, 0.1) is 0 Å². The quantitative estimate of drug-likeness (QED) is 0.650. The zero-order valence-corrected chi connectivity index (χ0v) is 12.1. The molecule has 0 amide bonds. The number of benzene rings is 2. The van der Waals surface area contributed by atoms with Gasteiger partial charge >= 0.3 is 0 Å². The van der Waals surface area contributed by atoms with E-state index in [1.54, 1.807) is 0 Å². The Morgan fingerprint density at radius 1 is 0.952 bits per heavy atom. The van der Waals surface area contributed by atoms with E-state index < -0.39 is 0 Å². The van der Waals surface area contributed by atoms with Crippen molar-refractivity contribution in [1.29, 1.82) is 0 Å². The molecule has 1 aromatic heterocycles. The van der Waals surface area contributed by atoms with Crippen LogP contribution >= 0.6 is 11.6 Å². The first-order chi connectivity index (χ1) is 10.3. The lowest BCUT2D eigenvalue weighted by molar-refractivity contribution is 0.468. The van der Waals surface area contributed by atoms with Crippen molar-refractivity contribution < 1.29 is 4.74 Å². The van der Waals surface area contributed by atoms with Crippen molar-refractivity contribution >= 4 is 22.5 Å². The van der Waals surface area contributed by atoms with Crippen molar-refractivity contribution in [3.05, 3.63) is 58.9 Å². The molecule has 0 radical (unpaired) electrons. The molecule has 2 aromatic carbocycles. The Labute approximate surface area is 127 Å². The van der Waals surface area contributed by atoms with E-state index in [1.807, 2.05) is 30.3 Å². The van der Waals surface area contributed by atoms with Crippen molar-refractivity contribution in [3.8, 4) is 11.6 Å². The highest BCUT2D eigenvalue weighted by molar-refractivity contribution is 6.28. The lowest BCUT2D eigenvalue weighted by atomic mass is 10.1. The van der Waals surface area contributed by atoms with Crippen LogP contribution < -0.4 is 4.74 Å². The summed E-state index contributed by atoms with van der Waals surface area (Å²) < 4.78 is 5.96. The number of hydrogen-bond acceptors (Lipinski definition) is 3. The normalized spacial score (nSPS) is 13.4. The number of ether oxygens (including phenoxy) is 1. The molecule has 1 aliphatic carbocycles. The van der Waals surface area contributed by atoms with Gasteiger partial charge in [-0.1, -0.05) is 18.2 Å². The molecule has 3 nitrogen and oxygen atoms in total. The zero-order valence-electron chi connectivity index (χ0n) is 11.3. The molecule has 1 heterocycles. The zero-order chi connectivity index (χ0) is 14.2. The van der Waals surface area contributed by atoms with Gasteiger partial charge in [0.15, 0.2) is 0 Å². The minimum Gasteiger partial charge on any atom is -0.438 e. The number of rotatable bonds is 2. The number of aromatic nitrogens is 2. The van der Waals surface area contributed by atoms with Crippen molar-refractivity contribution in [1.82, 2.24) is 9.97 Å². The first kappa shape index (κ1) is 12.6. The predicted molar refractivity (Wildman–Crippen MR) is 83.1 cm³/mol. The summed E-state index contributed by atoms with van der Waals surface area (Å²) in [5, 5.41) is 1.06. The second kappa shape index (κ2) is 5.01. The SMILES string of the molecule is Clc1nc(Oc2ccc3c(c2)CCC3)c2ccccc2n1. The van der Waals surface area contributed by atoms with Gasteiger partial charge in [-0.25, -0.2) is 4.98 Å². The van der Waals surface area contributed by atoms with Gasteiger partial charge in [0.05, 0.1) is 10.9 Å². The van der Waals surface area contributed by atoms with Crippen LogP contribution in [0.1, 0.15) is 17.5 Å². The summed E-state index contributed by atoms with van der Waals surface area (Å²) in [5.41, 5.74) is 3.58. The van der Waals surface area contributed by atoms with Gasteiger partial charge in [0.2, 0.25) is 11.2 Å². The monoisotopic (exact) mass is 296 g/mol. The third kappa shape index (κ3) is 2.34. The van der Waals surface area contributed by atoms with Crippen LogP contribution in [0.3, 0.4) is 0 Å². The molecule has 21 heavy (non-hydrogen) atoms. The number of hydrogen-bond donors (Lipinski definition) is 0. The van der Waals surface area contributed by atoms with Gasteiger partial charge in [0, 0.05) is 0 Å². The topological polar surface area (TPSA) is 35.0 Å².